The van der Waals surface area contributed by atoms with Crippen molar-refractivity contribution in [1.82, 2.24) is 19.7 Å². The molecule has 0 aliphatic carbocycles. The van der Waals surface area contributed by atoms with Crippen LogP contribution in [0.25, 0.3) is 11.3 Å². The van der Waals surface area contributed by atoms with Crippen molar-refractivity contribution in [2.45, 2.75) is 25.5 Å². The number of aliphatic hydroxyl groups excluding tert-OH is 1. The van der Waals surface area contributed by atoms with E-state index in [9.17, 15) is 8.78 Å². The molecule has 1 atom stereocenters. The second-order valence-corrected chi connectivity index (χ2v) is 5.19. The van der Waals surface area contributed by atoms with Gasteiger partial charge in [-0.3, -0.25) is 0 Å². The lowest BCUT2D eigenvalue weighted by atomic mass is 10.2. The van der Waals surface area contributed by atoms with Crippen LogP contribution in [-0.2, 0) is 4.74 Å². The Morgan fingerprint density at radius 1 is 1.43 bits per heavy atom. The Bertz CT molecular complexity index is 635. The van der Waals surface area contributed by atoms with E-state index < -0.39 is 6.55 Å². The van der Waals surface area contributed by atoms with Gasteiger partial charge in [0.1, 0.15) is 0 Å². The van der Waals surface area contributed by atoms with Crippen molar-refractivity contribution in [2.75, 3.05) is 18.9 Å². The number of halogens is 3. The minimum atomic E-state index is -2.70. The Balaban J connectivity index is 0.000000229. The van der Waals surface area contributed by atoms with Crippen LogP contribution in [0.1, 0.15) is 19.4 Å². The highest BCUT2D eigenvalue weighted by atomic mass is 35.5. The molecule has 0 amide bonds. The smallest absolute Gasteiger partial charge is 0.333 e. The third-order valence-electron chi connectivity index (χ3n) is 2.97. The summed E-state index contributed by atoms with van der Waals surface area (Å²) in [6.45, 7) is -1.33. The zero-order valence-corrected chi connectivity index (χ0v) is 12.8. The van der Waals surface area contributed by atoms with Crippen molar-refractivity contribution in [3.8, 4) is 11.3 Å². The lowest BCUT2D eigenvalue weighted by Crippen LogP contribution is -2.21. The van der Waals surface area contributed by atoms with E-state index in [1.165, 1.54) is 12.4 Å². The number of hydrogen-bond acceptors (Lipinski definition) is 6. The number of anilines is 1. The average Bonchev–Trinajstić information content (AvgIpc) is 3.01. The highest BCUT2D eigenvalue weighted by Gasteiger charge is 2.12. The minimum absolute atomic E-state index is 0.0178. The summed E-state index contributed by atoms with van der Waals surface area (Å²) < 4.78 is 30.0. The first-order valence-electron chi connectivity index (χ1n) is 6.84. The zero-order valence-electron chi connectivity index (χ0n) is 12.1. The van der Waals surface area contributed by atoms with Crippen LogP contribution in [0.4, 0.5) is 14.7 Å². The molecule has 1 fully saturated rings. The molecular formula is C13H16ClF2N5O2. The number of nitrogens with zero attached hydrogens (tertiary/aromatic N) is 4. The van der Waals surface area contributed by atoms with Crippen LogP contribution in [0.3, 0.4) is 0 Å². The van der Waals surface area contributed by atoms with Crippen LogP contribution >= 0.6 is 11.6 Å². The highest BCUT2D eigenvalue weighted by Crippen LogP contribution is 2.26. The molecule has 7 nitrogen and oxygen atoms in total. The predicted molar refractivity (Wildman–Crippen MR) is 80.0 cm³/mol. The molecule has 126 valence electrons. The number of nitrogens with two attached hydrogens (primary N) is 1. The summed E-state index contributed by atoms with van der Waals surface area (Å²) in [6.07, 6.45) is 5.42. The second-order valence-electron chi connectivity index (χ2n) is 4.78. The van der Waals surface area contributed by atoms with Gasteiger partial charge in [-0.1, -0.05) is 11.6 Å². The topological polar surface area (TPSA) is 99.1 Å². The van der Waals surface area contributed by atoms with Gasteiger partial charge in [0.2, 0.25) is 5.95 Å². The molecule has 0 radical (unpaired) electrons. The molecule has 3 N–H and O–H groups in total. The highest BCUT2D eigenvalue weighted by molar-refractivity contribution is 6.32. The molecule has 10 heteroatoms. The number of rotatable bonds is 2. The van der Waals surface area contributed by atoms with E-state index in [0.29, 0.717) is 16.9 Å². The van der Waals surface area contributed by atoms with Gasteiger partial charge in [-0.05, 0) is 12.8 Å². The van der Waals surface area contributed by atoms with Gasteiger partial charge in [-0.15, -0.1) is 0 Å². The molecule has 3 rings (SSSR count). The molecule has 23 heavy (non-hydrogen) atoms. The Morgan fingerprint density at radius 3 is 2.74 bits per heavy atom. The van der Waals surface area contributed by atoms with Crippen LogP contribution < -0.4 is 5.73 Å². The fourth-order valence-electron chi connectivity index (χ4n) is 1.87. The lowest BCUT2D eigenvalue weighted by Gasteiger charge is -2.15. The first-order valence-corrected chi connectivity index (χ1v) is 7.21. The molecule has 0 bridgehead atoms. The molecule has 1 saturated heterocycles. The summed E-state index contributed by atoms with van der Waals surface area (Å²) in [5.74, 6) is 0.0178. The number of alkyl halides is 2. The van der Waals surface area contributed by atoms with Crippen LogP contribution in [-0.4, -0.2) is 44.2 Å². The van der Waals surface area contributed by atoms with Crippen molar-refractivity contribution >= 4 is 17.5 Å². The van der Waals surface area contributed by atoms with Crippen molar-refractivity contribution in [3.63, 3.8) is 0 Å². The van der Waals surface area contributed by atoms with E-state index in [2.05, 4.69) is 15.1 Å². The monoisotopic (exact) mass is 347 g/mol. The molecule has 0 spiro atoms. The summed E-state index contributed by atoms with van der Waals surface area (Å²) in [5, 5.41) is 12.5. The van der Waals surface area contributed by atoms with Gasteiger partial charge in [0.15, 0.2) is 0 Å². The zero-order chi connectivity index (χ0) is 16.8. The first kappa shape index (κ1) is 17.5. The van der Waals surface area contributed by atoms with Gasteiger partial charge in [0, 0.05) is 18.4 Å². The number of aliphatic hydroxyl groups is 1. The molecule has 1 aliphatic rings. The minimum Gasteiger partial charge on any atom is -0.391 e. The summed E-state index contributed by atoms with van der Waals surface area (Å²) in [4.78, 5) is 7.52. The fourth-order valence-corrected chi connectivity index (χ4v) is 2.07. The Kier molecular flexibility index (Phi) is 6.20. The maximum absolute atomic E-state index is 12.3. The number of nitrogen functional groups attached to an aromatic ring is 1. The molecule has 2 aromatic heterocycles. The Morgan fingerprint density at radius 2 is 2.22 bits per heavy atom. The van der Waals surface area contributed by atoms with Crippen LogP contribution in [0.5, 0.6) is 0 Å². The quantitative estimate of drug-likeness (QED) is 0.863. The molecule has 0 aromatic carbocycles. The Hall–Kier alpha value is -1.84. The van der Waals surface area contributed by atoms with Gasteiger partial charge >= 0.3 is 6.55 Å². The normalized spacial score (nSPS) is 17.7. The van der Waals surface area contributed by atoms with E-state index in [1.54, 1.807) is 0 Å². The van der Waals surface area contributed by atoms with Crippen LogP contribution in [0, 0.1) is 0 Å². The summed E-state index contributed by atoms with van der Waals surface area (Å²) in [6, 6.07) is 0. The van der Waals surface area contributed by atoms with E-state index in [1.807, 2.05) is 0 Å². The van der Waals surface area contributed by atoms with E-state index in [0.717, 1.165) is 25.6 Å². The van der Waals surface area contributed by atoms with Gasteiger partial charge in [0.25, 0.3) is 0 Å². The van der Waals surface area contributed by atoms with E-state index in [4.69, 9.17) is 27.2 Å². The van der Waals surface area contributed by atoms with Gasteiger partial charge in [0.05, 0.1) is 35.8 Å². The first-order chi connectivity index (χ1) is 11.0. The Labute approximate surface area is 136 Å². The van der Waals surface area contributed by atoms with Gasteiger partial charge in [-0.2, -0.15) is 13.9 Å². The third-order valence-corrected chi connectivity index (χ3v) is 3.25. The van der Waals surface area contributed by atoms with Gasteiger partial charge in [-0.25, -0.2) is 14.6 Å². The molecule has 2 aromatic rings. The maximum Gasteiger partial charge on any atom is 0.333 e. The summed E-state index contributed by atoms with van der Waals surface area (Å²) in [5.41, 5.74) is 6.01. The molecule has 0 saturated carbocycles. The molecule has 1 aliphatic heterocycles. The summed E-state index contributed by atoms with van der Waals surface area (Å²) >= 11 is 5.81. The van der Waals surface area contributed by atoms with E-state index in [-0.39, 0.29) is 22.8 Å². The number of ether oxygens (including phenoxy) is 1. The second kappa shape index (κ2) is 8.14. The third kappa shape index (κ3) is 5.08. The SMILES string of the molecule is Nc1ncc(Cl)c(-c2cnn(C(F)F)c2)n1.OC1CCCOC1. The van der Waals surface area contributed by atoms with Crippen molar-refractivity contribution in [1.29, 1.82) is 0 Å². The maximum atomic E-state index is 12.3. The summed E-state index contributed by atoms with van der Waals surface area (Å²) in [7, 11) is 0. The van der Waals surface area contributed by atoms with Crippen LogP contribution in [0.15, 0.2) is 18.6 Å². The van der Waals surface area contributed by atoms with Gasteiger partial charge < -0.3 is 15.6 Å². The fraction of sp³-hybridized carbons (Fsp3) is 0.462. The van der Waals surface area contributed by atoms with E-state index >= 15 is 0 Å². The molecule has 3 heterocycles. The predicted octanol–water partition coefficient (Wildman–Crippen LogP) is 2.13. The molecule has 1 unspecified atom stereocenters. The number of aromatic nitrogens is 4. The largest absolute Gasteiger partial charge is 0.391 e. The van der Waals surface area contributed by atoms with Crippen molar-refractivity contribution in [3.05, 3.63) is 23.6 Å². The average molecular weight is 348 g/mol. The lowest BCUT2D eigenvalue weighted by molar-refractivity contribution is -0.00535. The van der Waals surface area contributed by atoms with Crippen molar-refractivity contribution < 1.29 is 18.6 Å². The van der Waals surface area contributed by atoms with Crippen molar-refractivity contribution in [2.24, 2.45) is 0 Å². The van der Waals surface area contributed by atoms with Crippen LogP contribution in [0.2, 0.25) is 5.02 Å². The number of hydrogen-bond donors (Lipinski definition) is 2. The standard InChI is InChI=1S/C8H6ClF2N5.C5H10O2/c9-5-2-13-8(12)15-6(5)4-1-14-16(3-4)7(10)11;6-5-2-1-3-7-4-5/h1-3,7H,(H2,12,13,15);5-6H,1-4H2. The molecular weight excluding hydrogens is 332 g/mol.